The van der Waals surface area contributed by atoms with Crippen LogP contribution >= 0.6 is 0 Å². The number of hydrogen-bond acceptors (Lipinski definition) is 7. The standard InChI is InChI=1S/C22H25N3O5/c1-2-23-8-10-24(11-9-23)14-18-19(26)7-6-17-21(27)20(30-22(17)18)13-15-4-3-5-16(12-15)25(28)29/h3-7,12-13,25-26,28H,2,8-11,14H2,1H3. The minimum Gasteiger partial charge on any atom is -0.595 e. The van der Waals surface area contributed by atoms with Gasteiger partial charge in [0.25, 0.3) is 0 Å². The van der Waals surface area contributed by atoms with Crippen LogP contribution in [0.25, 0.3) is 6.08 Å². The zero-order chi connectivity index (χ0) is 21.3. The fourth-order valence-electron chi connectivity index (χ4n) is 3.85. The number of benzene rings is 2. The number of phenols is 1. The summed E-state index contributed by atoms with van der Waals surface area (Å²) in [5, 5.41) is 29.8. The van der Waals surface area contributed by atoms with Crippen LogP contribution in [0.1, 0.15) is 28.4 Å². The number of hydrogen-bond donors (Lipinski definition) is 3. The quantitative estimate of drug-likeness (QED) is 0.507. The number of nitrogens with zero attached hydrogens (tertiary/aromatic N) is 2. The average molecular weight is 411 g/mol. The zero-order valence-corrected chi connectivity index (χ0v) is 16.8. The summed E-state index contributed by atoms with van der Waals surface area (Å²) in [4.78, 5) is 17.5. The molecule has 1 unspecified atom stereocenters. The summed E-state index contributed by atoms with van der Waals surface area (Å²) in [7, 11) is 0. The first-order chi connectivity index (χ1) is 14.5. The van der Waals surface area contributed by atoms with Crippen LogP contribution < -0.4 is 9.96 Å². The number of carbonyl (C=O) groups is 1. The number of carbonyl (C=O) groups excluding carboxylic acids is 1. The number of nitrogens with one attached hydrogen (secondary N) is 1. The molecule has 2 aliphatic heterocycles. The summed E-state index contributed by atoms with van der Waals surface area (Å²) < 4.78 is 5.89. The Morgan fingerprint density at radius 1 is 1.17 bits per heavy atom. The first-order valence-corrected chi connectivity index (χ1v) is 10.0. The highest BCUT2D eigenvalue weighted by Gasteiger charge is 2.32. The van der Waals surface area contributed by atoms with Crippen molar-refractivity contribution in [1.29, 1.82) is 0 Å². The van der Waals surface area contributed by atoms with Crippen molar-refractivity contribution in [2.75, 3.05) is 32.7 Å². The molecule has 1 saturated heterocycles. The number of ketones is 1. The molecule has 1 fully saturated rings. The van der Waals surface area contributed by atoms with Crippen molar-refractivity contribution < 1.29 is 25.1 Å². The van der Waals surface area contributed by atoms with Gasteiger partial charge in [0, 0.05) is 44.9 Å². The molecule has 2 aromatic carbocycles. The maximum atomic E-state index is 12.8. The Morgan fingerprint density at radius 3 is 2.60 bits per heavy atom. The van der Waals surface area contributed by atoms with Crippen molar-refractivity contribution in [2.24, 2.45) is 0 Å². The monoisotopic (exact) mass is 411 g/mol. The third-order valence-corrected chi connectivity index (χ3v) is 5.64. The smallest absolute Gasteiger partial charge is 0.231 e. The lowest BCUT2D eigenvalue weighted by Gasteiger charge is -2.34. The molecule has 30 heavy (non-hydrogen) atoms. The van der Waals surface area contributed by atoms with Gasteiger partial charge in [0.15, 0.2) is 11.4 Å². The van der Waals surface area contributed by atoms with Crippen molar-refractivity contribution in [3.8, 4) is 11.5 Å². The van der Waals surface area contributed by atoms with Gasteiger partial charge in [0.1, 0.15) is 11.5 Å². The number of phenolic OH excluding ortho intramolecular Hbond substituents is 1. The van der Waals surface area contributed by atoms with Crippen molar-refractivity contribution in [3.05, 3.63) is 64.1 Å². The Morgan fingerprint density at radius 2 is 1.90 bits per heavy atom. The maximum absolute atomic E-state index is 12.8. The number of rotatable bonds is 5. The lowest BCUT2D eigenvalue weighted by molar-refractivity contribution is -0.991. The Labute approximate surface area is 174 Å². The van der Waals surface area contributed by atoms with Crippen LogP contribution in [-0.4, -0.2) is 58.6 Å². The normalized spacial score (nSPS) is 19.7. The Hall–Kier alpha value is -2.75. The van der Waals surface area contributed by atoms with Crippen LogP contribution in [0.4, 0.5) is 5.69 Å². The van der Waals surface area contributed by atoms with Gasteiger partial charge in [0.2, 0.25) is 5.78 Å². The Bertz CT molecular complexity index is 981. The number of fused-ring (bicyclic) bond motifs is 1. The molecule has 158 valence electrons. The van der Waals surface area contributed by atoms with E-state index in [2.05, 4.69) is 16.7 Å². The van der Waals surface area contributed by atoms with Gasteiger partial charge in [0.05, 0.1) is 11.1 Å². The Balaban J connectivity index is 1.59. The Kier molecular flexibility index (Phi) is 5.85. The van der Waals surface area contributed by atoms with Gasteiger partial charge in [-0.15, -0.1) is 0 Å². The minimum atomic E-state index is -1.03. The summed E-state index contributed by atoms with van der Waals surface area (Å²) in [5.41, 5.74) is 1.72. The fraction of sp³-hybridized carbons (Fsp3) is 0.318. The van der Waals surface area contributed by atoms with Gasteiger partial charge in [-0.05, 0) is 30.3 Å². The molecule has 8 nitrogen and oxygen atoms in total. The van der Waals surface area contributed by atoms with Crippen LogP contribution in [0.5, 0.6) is 11.5 Å². The molecule has 0 radical (unpaired) electrons. The predicted molar refractivity (Wildman–Crippen MR) is 111 cm³/mol. The van der Waals surface area contributed by atoms with E-state index in [4.69, 9.17) is 9.94 Å². The number of quaternary nitrogens is 1. The van der Waals surface area contributed by atoms with Crippen LogP contribution in [0.15, 0.2) is 42.2 Å². The third kappa shape index (κ3) is 4.09. The largest absolute Gasteiger partial charge is 0.595 e. The number of aromatic hydroxyl groups is 1. The van der Waals surface area contributed by atoms with Crippen LogP contribution in [-0.2, 0) is 6.54 Å². The summed E-state index contributed by atoms with van der Waals surface area (Å²) in [5.74, 6) is 0.338. The van der Waals surface area contributed by atoms with E-state index in [1.54, 1.807) is 18.2 Å². The van der Waals surface area contributed by atoms with Gasteiger partial charge in [-0.25, -0.2) is 5.21 Å². The van der Waals surface area contributed by atoms with Gasteiger partial charge in [-0.1, -0.05) is 19.1 Å². The van der Waals surface area contributed by atoms with Crippen molar-refractivity contribution >= 4 is 17.5 Å². The summed E-state index contributed by atoms with van der Waals surface area (Å²) >= 11 is 0. The van der Waals surface area contributed by atoms with Gasteiger partial charge in [-0.2, -0.15) is 5.23 Å². The second kappa shape index (κ2) is 8.55. The fourth-order valence-corrected chi connectivity index (χ4v) is 3.85. The highest BCUT2D eigenvalue weighted by Crippen LogP contribution is 2.40. The van der Waals surface area contributed by atoms with E-state index in [1.165, 1.54) is 24.3 Å². The number of piperazine rings is 1. The molecule has 3 N–H and O–H groups in total. The predicted octanol–water partition coefficient (Wildman–Crippen LogP) is 1.55. The second-order valence-electron chi connectivity index (χ2n) is 7.52. The van der Waals surface area contributed by atoms with Gasteiger partial charge >= 0.3 is 0 Å². The van der Waals surface area contributed by atoms with E-state index in [9.17, 15) is 15.1 Å². The molecule has 2 heterocycles. The van der Waals surface area contributed by atoms with Crippen molar-refractivity contribution in [3.63, 3.8) is 0 Å². The van der Waals surface area contributed by atoms with Gasteiger partial charge in [-0.3, -0.25) is 9.69 Å². The molecular weight excluding hydrogens is 386 g/mol. The molecule has 0 saturated carbocycles. The lowest BCUT2D eigenvalue weighted by atomic mass is 10.0. The molecule has 0 aliphatic carbocycles. The molecule has 1 atom stereocenters. The van der Waals surface area contributed by atoms with E-state index in [0.717, 1.165) is 32.7 Å². The first-order valence-electron chi connectivity index (χ1n) is 10.0. The van der Waals surface area contributed by atoms with Crippen LogP contribution in [0.2, 0.25) is 0 Å². The first kappa shape index (κ1) is 20.5. The summed E-state index contributed by atoms with van der Waals surface area (Å²) in [6.07, 6.45) is 1.54. The minimum absolute atomic E-state index is 0.105. The van der Waals surface area contributed by atoms with Crippen molar-refractivity contribution in [2.45, 2.75) is 13.5 Å². The second-order valence-corrected chi connectivity index (χ2v) is 7.52. The number of allylic oxidation sites excluding steroid dienone is 1. The molecule has 0 amide bonds. The zero-order valence-electron chi connectivity index (χ0n) is 16.8. The molecule has 0 spiro atoms. The molecule has 0 aromatic heterocycles. The molecular formula is C22H25N3O5. The van der Waals surface area contributed by atoms with E-state index >= 15 is 0 Å². The lowest BCUT2D eigenvalue weighted by Crippen LogP contribution is -2.99. The van der Waals surface area contributed by atoms with E-state index in [-0.39, 0.29) is 23.0 Å². The topological polar surface area (TPSA) is 101 Å². The molecule has 2 aromatic rings. The van der Waals surface area contributed by atoms with Crippen molar-refractivity contribution in [1.82, 2.24) is 9.80 Å². The average Bonchev–Trinajstić information content (AvgIpc) is 3.06. The van der Waals surface area contributed by atoms with Gasteiger partial charge < -0.3 is 20.0 Å². The molecule has 4 rings (SSSR count). The van der Waals surface area contributed by atoms with Crippen LogP contribution in [0, 0.1) is 5.21 Å². The SMILES string of the molecule is CCN1CCN(Cc2c(O)ccc3c2OC(=Cc2cccc([NH+]([O-])O)c2)C3=O)CC1. The van der Waals surface area contributed by atoms with Crippen LogP contribution in [0.3, 0.4) is 0 Å². The molecule has 2 aliphatic rings. The molecule has 8 heteroatoms. The summed E-state index contributed by atoms with van der Waals surface area (Å²) in [6.45, 7) is 7.38. The maximum Gasteiger partial charge on any atom is 0.231 e. The van der Waals surface area contributed by atoms with E-state index in [1.807, 2.05) is 0 Å². The molecule has 0 bridgehead atoms. The number of Topliss-reactive ketones (excluding diaryl/α,β-unsaturated/α-hetero) is 1. The summed E-state index contributed by atoms with van der Waals surface area (Å²) in [6, 6.07) is 9.41. The third-order valence-electron chi connectivity index (χ3n) is 5.64. The van der Waals surface area contributed by atoms with E-state index < -0.39 is 5.23 Å². The number of likely N-dealkylation sites (N-methyl/N-ethyl adjacent to an activating group) is 1. The number of ether oxygens (including phenoxy) is 1. The highest BCUT2D eigenvalue weighted by atomic mass is 16.8. The van der Waals surface area contributed by atoms with E-state index in [0.29, 0.717) is 29.0 Å². The highest BCUT2D eigenvalue weighted by molar-refractivity contribution is 6.15.